The maximum absolute atomic E-state index is 13.2. The Hall–Kier alpha value is -3.58. The van der Waals surface area contributed by atoms with E-state index in [1.54, 1.807) is 10.9 Å². The third-order valence-corrected chi connectivity index (χ3v) is 6.26. The summed E-state index contributed by atoms with van der Waals surface area (Å²) >= 11 is 0. The third-order valence-electron chi connectivity index (χ3n) is 6.26. The van der Waals surface area contributed by atoms with Gasteiger partial charge in [-0.25, -0.2) is 0 Å². The molecular formula is C26H27N5O2. The fourth-order valence-corrected chi connectivity index (χ4v) is 4.52. The Kier molecular flexibility index (Phi) is 5.88. The van der Waals surface area contributed by atoms with E-state index in [4.69, 9.17) is 0 Å². The van der Waals surface area contributed by atoms with Crippen LogP contribution in [0.1, 0.15) is 47.2 Å². The molecule has 0 radical (unpaired) electrons. The molecule has 0 bridgehead atoms. The van der Waals surface area contributed by atoms with Gasteiger partial charge in [-0.05, 0) is 60.7 Å². The Balaban J connectivity index is 1.41. The van der Waals surface area contributed by atoms with Crippen molar-refractivity contribution in [3.8, 4) is 11.4 Å². The summed E-state index contributed by atoms with van der Waals surface area (Å²) in [5.74, 6) is -0.185. The molecule has 3 heterocycles. The molecule has 1 aromatic carbocycles. The van der Waals surface area contributed by atoms with E-state index in [0.717, 1.165) is 53.6 Å². The molecule has 3 aromatic heterocycles. The molecule has 1 aliphatic carbocycles. The van der Waals surface area contributed by atoms with Crippen LogP contribution in [0.3, 0.4) is 0 Å². The molecule has 168 valence electrons. The fraction of sp³-hybridized carbons (Fsp3) is 0.308. The van der Waals surface area contributed by atoms with Crippen molar-refractivity contribution in [1.82, 2.24) is 25.1 Å². The van der Waals surface area contributed by atoms with Crippen LogP contribution in [0.2, 0.25) is 0 Å². The standard InChI is InChI=1S/C26H27N5O2/c1-31-12-10-22(30-31)21-9-8-17(16-28-21)13-18-14-19-5-4-11-27-25(19)20(15-18)26(33)29-23-6-2-3-7-24(23)32/h4-5,8-12,14-16,23-24,32H,2-3,6-7,13H2,1H3,(H,29,33)/t23-,24-/m0/s1. The van der Waals surface area contributed by atoms with Gasteiger partial charge in [0.25, 0.3) is 5.91 Å². The molecule has 2 atom stereocenters. The van der Waals surface area contributed by atoms with Gasteiger partial charge in [-0.3, -0.25) is 19.4 Å². The average Bonchev–Trinajstić information content (AvgIpc) is 3.27. The molecule has 7 heteroatoms. The predicted octanol–water partition coefficient (Wildman–Crippen LogP) is 3.65. The van der Waals surface area contributed by atoms with Crippen LogP contribution in [0.15, 0.2) is 61.1 Å². The lowest BCUT2D eigenvalue weighted by molar-refractivity contribution is 0.0718. The number of aryl methyl sites for hydroxylation is 1. The van der Waals surface area contributed by atoms with Crippen molar-refractivity contribution >= 4 is 16.8 Å². The zero-order chi connectivity index (χ0) is 22.8. The highest BCUT2D eigenvalue weighted by Gasteiger charge is 2.25. The molecule has 2 N–H and O–H groups in total. The zero-order valence-corrected chi connectivity index (χ0v) is 18.6. The quantitative estimate of drug-likeness (QED) is 0.493. The Morgan fingerprint density at radius 1 is 1.09 bits per heavy atom. The summed E-state index contributed by atoms with van der Waals surface area (Å²) in [7, 11) is 1.88. The van der Waals surface area contributed by atoms with E-state index in [-0.39, 0.29) is 11.9 Å². The number of carbonyl (C=O) groups is 1. The highest BCUT2D eigenvalue weighted by atomic mass is 16.3. The first-order valence-electron chi connectivity index (χ1n) is 11.4. The van der Waals surface area contributed by atoms with Crippen molar-refractivity contribution in [2.24, 2.45) is 7.05 Å². The van der Waals surface area contributed by atoms with E-state index in [1.807, 2.05) is 55.8 Å². The molecular weight excluding hydrogens is 414 g/mol. The number of nitrogens with one attached hydrogen (secondary N) is 1. The fourth-order valence-electron chi connectivity index (χ4n) is 4.52. The minimum absolute atomic E-state index is 0.185. The zero-order valence-electron chi connectivity index (χ0n) is 18.6. The molecule has 0 spiro atoms. The topological polar surface area (TPSA) is 92.9 Å². The Morgan fingerprint density at radius 3 is 2.73 bits per heavy atom. The third kappa shape index (κ3) is 4.64. The lowest BCUT2D eigenvalue weighted by Gasteiger charge is -2.28. The van der Waals surface area contributed by atoms with Crippen molar-refractivity contribution in [2.45, 2.75) is 44.2 Å². The van der Waals surface area contributed by atoms with Gasteiger partial charge in [0.05, 0.1) is 28.9 Å². The Bertz CT molecular complexity index is 1280. The molecule has 1 fully saturated rings. The number of nitrogens with zero attached hydrogens (tertiary/aromatic N) is 4. The first-order valence-corrected chi connectivity index (χ1v) is 11.4. The molecule has 1 saturated carbocycles. The van der Waals surface area contributed by atoms with E-state index < -0.39 is 6.10 Å². The van der Waals surface area contributed by atoms with Gasteiger partial charge in [-0.2, -0.15) is 5.10 Å². The summed E-state index contributed by atoms with van der Waals surface area (Å²) in [6.07, 6.45) is 9.15. The summed E-state index contributed by atoms with van der Waals surface area (Å²) in [6.45, 7) is 0. The van der Waals surface area contributed by atoms with E-state index in [0.29, 0.717) is 17.5 Å². The normalized spacial score (nSPS) is 18.4. The number of pyridine rings is 2. The number of aliphatic hydroxyl groups excluding tert-OH is 1. The summed E-state index contributed by atoms with van der Waals surface area (Å²) in [4.78, 5) is 22.2. The van der Waals surface area contributed by atoms with Gasteiger partial charge in [0.15, 0.2) is 0 Å². The first kappa shape index (κ1) is 21.3. The highest BCUT2D eigenvalue weighted by Crippen LogP contribution is 2.24. The van der Waals surface area contributed by atoms with E-state index in [1.165, 1.54) is 0 Å². The molecule has 7 nitrogen and oxygen atoms in total. The van der Waals surface area contributed by atoms with Gasteiger partial charge in [-0.1, -0.05) is 25.0 Å². The van der Waals surface area contributed by atoms with Gasteiger partial charge < -0.3 is 10.4 Å². The van der Waals surface area contributed by atoms with Crippen molar-refractivity contribution in [3.63, 3.8) is 0 Å². The second kappa shape index (κ2) is 9.11. The summed E-state index contributed by atoms with van der Waals surface area (Å²) in [6, 6.07) is 13.6. The average molecular weight is 442 g/mol. The van der Waals surface area contributed by atoms with Crippen LogP contribution in [0.25, 0.3) is 22.3 Å². The molecule has 33 heavy (non-hydrogen) atoms. The number of carbonyl (C=O) groups excluding carboxylic acids is 1. The second-order valence-corrected chi connectivity index (χ2v) is 8.75. The lowest BCUT2D eigenvalue weighted by Crippen LogP contribution is -2.45. The van der Waals surface area contributed by atoms with Crippen LogP contribution in [-0.2, 0) is 13.5 Å². The molecule has 1 amide bonds. The van der Waals surface area contributed by atoms with E-state index in [9.17, 15) is 9.90 Å². The van der Waals surface area contributed by atoms with Gasteiger partial charge in [0.2, 0.25) is 0 Å². The van der Waals surface area contributed by atoms with Crippen LogP contribution in [0.4, 0.5) is 0 Å². The number of hydrogen-bond acceptors (Lipinski definition) is 5. The molecule has 1 aliphatic rings. The van der Waals surface area contributed by atoms with Crippen molar-refractivity contribution < 1.29 is 9.90 Å². The summed E-state index contributed by atoms with van der Waals surface area (Å²) in [5, 5.41) is 18.7. The number of benzene rings is 1. The van der Waals surface area contributed by atoms with Crippen LogP contribution >= 0.6 is 0 Å². The Morgan fingerprint density at radius 2 is 1.97 bits per heavy atom. The lowest BCUT2D eigenvalue weighted by atomic mass is 9.92. The maximum atomic E-state index is 13.2. The number of aliphatic hydroxyl groups is 1. The maximum Gasteiger partial charge on any atom is 0.253 e. The van der Waals surface area contributed by atoms with Gasteiger partial charge >= 0.3 is 0 Å². The van der Waals surface area contributed by atoms with Gasteiger partial charge in [0, 0.05) is 31.0 Å². The largest absolute Gasteiger partial charge is 0.391 e. The van der Waals surface area contributed by atoms with Gasteiger partial charge in [0.1, 0.15) is 5.69 Å². The molecule has 5 rings (SSSR count). The van der Waals surface area contributed by atoms with Crippen molar-refractivity contribution in [1.29, 1.82) is 0 Å². The van der Waals surface area contributed by atoms with Gasteiger partial charge in [-0.15, -0.1) is 0 Å². The van der Waals surface area contributed by atoms with E-state index >= 15 is 0 Å². The van der Waals surface area contributed by atoms with Crippen LogP contribution < -0.4 is 5.32 Å². The molecule has 0 unspecified atom stereocenters. The minimum Gasteiger partial charge on any atom is -0.391 e. The number of aromatic nitrogens is 4. The minimum atomic E-state index is -0.492. The SMILES string of the molecule is Cn1ccc(-c2ccc(Cc3cc(C(=O)N[C@H]4CCCC[C@@H]4O)c4ncccc4c3)cn2)n1. The van der Waals surface area contributed by atoms with E-state index in [2.05, 4.69) is 26.4 Å². The number of fused-ring (bicyclic) bond motifs is 1. The number of amides is 1. The second-order valence-electron chi connectivity index (χ2n) is 8.75. The summed E-state index contributed by atoms with van der Waals surface area (Å²) < 4.78 is 1.76. The smallest absolute Gasteiger partial charge is 0.253 e. The monoisotopic (exact) mass is 441 g/mol. The van der Waals surface area contributed by atoms with Crippen LogP contribution in [0.5, 0.6) is 0 Å². The summed E-state index contributed by atoms with van der Waals surface area (Å²) in [5.41, 5.74) is 4.94. The molecule has 4 aromatic rings. The van der Waals surface area contributed by atoms with Crippen LogP contribution in [-0.4, -0.2) is 42.9 Å². The number of rotatable bonds is 5. The highest BCUT2D eigenvalue weighted by molar-refractivity contribution is 6.06. The molecule has 0 saturated heterocycles. The van der Waals surface area contributed by atoms with Crippen molar-refractivity contribution in [2.75, 3.05) is 0 Å². The van der Waals surface area contributed by atoms with Crippen LogP contribution in [0, 0.1) is 0 Å². The predicted molar refractivity (Wildman–Crippen MR) is 127 cm³/mol. The Labute approximate surface area is 192 Å². The number of hydrogen-bond donors (Lipinski definition) is 2. The van der Waals surface area contributed by atoms with Crippen molar-refractivity contribution in [3.05, 3.63) is 77.7 Å². The first-order chi connectivity index (χ1) is 16.1. The molecule has 0 aliphatic heterocycles.